The van der Waals surface area contributed by atoms with Crippen molar-refractivity contribution in [2.75, 3.05) is 13.1 Å². The van der Waals surface area contributed by atoms with Crippen molar-refractivity contribution < 1.29 is 14.4 Å². The van der Waals surface area contributed by atoms with Crippen molar-refractivity contribution in [1.29, 1.82) is 0 Å². The van der Waals surface area contributed by atoms with Crippen molar-refractivity contribution in [1.82, 2.24) is 10.2 Å². The van der Waals surface area contributed by atoms with Gasteiger partial charge in [-0.15, -0.1) is 0 Å². The molecular weight excluding hydrogens is 210 g/mol. The summed E-state index contributed by atoms with van der Waals surface area (Å²) in [5.41, 5.74) is 4.95. The molecule has 0 bridgehead atoms. The van der Waals surface area contributed by atoms with Crippen LogP contribution in [0.15, 0.2) is 0 Å². The molecule has 1 aliphatic rings. The lowest BCUT2D eigenvalue weighted by Crippen LogP contribution is -2.61. The largest absolute Gasteiger partial charge is 0.322 e. The number of carbonyl (C=O) groups excluding carboxylic acids is 3. The fourth-order valence-electron chi connectivity index (χ4n) is 1.65. The summed E-state index contributed by atoms with van der Waals surface area (Å²) in [6, 6.07) is 0. The zero-order chi connectivity index (χ0) is 12.3. The SMILES string of the molecule is CCC(N)(CC)C(=O)N1CC(=O)NC(=O)C1. The van der Waals surface area contributed by atoms with E-state index in [2.05, 4.69) is 5.32 Å². The maximum absolute atomic E-state index is 12.0. The van der Waals surface area contributed by atoms with Gasteiger partial charge in [-0.25, -0.2) is 0 Å². The molecule has 0 aromatic carbocycles. The fourth-order valence-corrected chi connectivity index (χ4v) is 1.65. The summed E-state index contributed by atoms with van der Waals surface area (Å²) in [6.07, 6.45) is 0.962. The molecule has 0 aromatic rings. The van der Waals surface area contributed by atoms with E-state index in [1.807, 2.05) is 13.8 Å². The molecule has 1 saturated heterocycles. The number of nitrogens with zero attached hydrogens (tertiary/aromatic N) is 1. The van der Waals surface area contributed by atoms with Gasteiger partial charge in [0.1, 0.15) is 13.1 Å². The monoisotopic (exact) mass is 227 g/mol. The molecule has 0 atom stereocenters. The second kappa shape index (κ2) is 4.61. The number of nitrogens with one attached hydrogen (secondary N) is 1. The van der Waals surface area contributed by atoms with Crippen LogP contribution in [-0.2, 0) is 14.4 Å². The van der Waals surface area contributed by atoms with Gasteiger partial charge in [-0.1, -0.05) is 13.8 Å². The summed E-state index contributed by atoms with van der Waals surface area (Å²) in [5.74, 6) is -1.25. The first-order chi connectivity index (χ1) is 7.42. The van der Waals surface area contributed by atoms with E-state index in [4.69, 9.17) is 5.73 Å². The third-order valence-corrected chi connectivity index (χ3v) is 2.92. The van der Waals surface area contributed by atoms with Crippen LogP contribution in [0.25, 0.3) is 0 Å². The highest BCUT2D eigenvalue weighted by Gasteiger charge is 2.37. The molecule has 16 heavy (non-hydrogen) atoms. The van der Waals surface area contributed by atoms with Crippen molar-refractivity contribution in [3.05, 3.63) is 0 Å². The van der Waals surface area contributed by atoms with Gasteiger partial charge in [-0.05, 0) is 12.8 Å². The number of hydrogen-bond acceptors (Lipinski definition) is 4. The van der Waals surface area contributed by atoms with Crippen LogP contribution < -0.4 is 11.1 Å². The van der Waals surface area contributed by atoms with Crippen LogP contribution in [-0.4, -0.2) is 41.2 Å². The molecule has 1 fully saturated rings. The highest BCUT2D eigenvalue weighted by molar-refractivity contribution is 6.03. The number of carbonyl (C=O) groups is 3. The van der Waals surface area contributed by atoms with Gasteiger partial charge in [0.05, 0.1) is 5.54 Å². The molecule has 90 valence electrons. The number of amides is 3. The lowest BCUT2D eigenvalue weighted by atomic mass is 9.92. The predicted molar refractivity (Wildman–Crippen MR) is 57.2 cm³/mol. The van der Waals surface area contributed by atoms with E-state index >= 15 is 0 Å². The van der Waals surface area contributed by atoms with Crippen LogP contribution >= 0.6 is 0 Å². The van der Waals surface area contributed by atoms with Crippen LogP contribution in [0.5, 0.6) is 0 Å². The maximum atomic E-state index is 12.0. The second-order valence-corrected chi connectivity index (χ2v) is 4.00. The lowest BCUT2D eigenvalue weighted by Gasteiger charge is -2.34. The molecule has 1 rings (SSSR count). The molecule has 0 radical (unpaired) electrons. The van der Waals surface area contributed by atoms with E-state index in [1.54, 1.807) is 0 Å². The van der Waals surface area contributed by atoms with Crippen LogP contribution in [0.3, 0.4) is 0 Å². The number of rotatable bonds is 3. The summed E-state index contributed by atoms with van der Waals surface area (Å²) >= 11 is 0. The summed E-state index contributed by atoms with van der Waals surface area (Å²) < 4.78 is 0. The van der Waals surface area contributed by atoms with Crippen LogP contribution in [0.2, 0.25) is 0 Å². The van der Waals surface area contributed by atoms with Gasteiger partial charge in [0.2, 0.25) is 17.7 Å². The molecule has 0 spiro atoms. The maximum Gasteiger partial charge on any atom is 0.246 e. The van der Waals surface area contributed by atoms with Gasteiger partial charge >= 0.3 is 0 Å². The topological polar surface area (TPSA) is 92.5 Å². The Morgan fingerprint density at radius 1 is 1.31 bits per heavy atom. The summed E-state index contributed by atoms with van der Waals surface area (Å²) in [7, 11) is 0. The highest BCUT2D eigenvalue weighted by atomic mass is 16.2. The predicted octanol–water partition coefficient (Wildman–Crippen LogP) is -1.01. The first-order valence-corrected chi connectivity index (χ1v) is 5.34. The van der Waals surface area contributed by atoms with Crippen molar-refractivity contribution in [3.8, 4) is 0 Å². The molecule has 0 saturated carbocycles. The minimum Gasteiger partial charge on any atom is -0.322 e. The van der Waals surface area contributed by atoms with Crippen LogP contribution in [0.1, 0.15) is 26.7 Å². The van der Waals surface area contributed by atoms with Crippen LogP contribution in [0.4, 0.5) is 0 Å². The van der Waals surface area contributed by atoms with Crippen molar-refractivity contribution in [2.24, 2.45) is 5.73 Å². The van der Waals surface area contributed by atoms with E-state index in [0.29, 0.717) is 12.8 Å². The van der Waals surface area contributed by atoms with Gasteiger partial charge < -0.3 is 10.6 Å². The zero-order valence-corrected chi connectivity index (χ0v) is 9.58. The van der Waals surface area contributed by atoms with E-state index in [-0.39, 0.29) is 19.0 Å². The number of piperazine rings is 1. The first-order valence-electron chi connectivity index (χ1n) is 5.34. The number of imide groups is 1. The Labute approximate surface area is 94.2 Å². The first kappa shape index (κ1) is 12.6. The fraction of sp³-hybridized carbons (Fsp3) is 0.700. The van der Waals surface area contributed by atoms with Gasteiger partial charge in [-0.3, -0.25) is 19.7 Å². The Morgan fingerprint density at radius 3 is 2.12 bits per heavy atom. The van der Waals surface area contributed by atoms with Crippen LogP contribution in [0, 0.1) is 0 Å². The second-order valence-electron chi connectivity index (χ2n) is 4.00. The van der Waals surface area contributed by atoms with Crippen molar-refractivity contribution in [3.63, 3.8) is 0 Å². The quantitative estimate of drug-likeness (QED) is 0.604. The third kappa shape index (κ3) is 2.38. The molecule has 0 aromatic heterocycles. The Hall–Kier alpha value is -1.43. The Bertz CT molecular complexity index is 307. The molecule has 1 aliphatic heterocycles. The van der Waals surface area contributed by atoms with Gasteiger partial charge in [0.15, 0.2) is 0 Å². The molecule has 6 heteroatoms. The molecule has 0 unspecified atom stereocenters. The van der Waals surface area contributed by atoms with E-state index in [1.165, 1.54) is 4.90 Å². The summed E-state index contributed by atoms with van der Waals surface area (Å²) in [5, 5.41) is 2.14. The zero-order valence-electron chi connectivity index (χ0n) is 9.58. The van der Waals surface area contributed by atoms with E-state index in [0.717, 1.165) is 0 Å². The van der Waals surface area contributed by atoms with E-state index < -0.39 is 17.4 Å². The average molecular weight is 227 g/mol. The summed E-state index contributed by atoms with van der Waals surface area (Å²) in [6.45, 7) is 3.44. The Balaban J connectivity index is 2.80. The number of nitrogens with two attached hydrogens (primary N) is 1. The molecule has 3 N–H and O–H groups in total. The molecular formula is C10H17N3O3. The summed E-state index contributed by atoms with van der Waals surface area (Å²) in [4.78, 5) is 35.5. The Morgan fingerprint density at radius 2 is 1.75 bits per heavy atom. The molecule has 3 amide bonds. The van der Waals surface area contributed by atoms with Gasteiger partial charge in [0.25, 0.3) is 0 Å². The number of hydrogen-bond donors (Lipinski definition) is 2. The van der Waals surface area contributed by atoms with Gasteiger partial charge in [-0.2, -0.15) is 0 Å². The standard InChI is InChI=1S/C10H17N3O3/c1-3-10(11,4-2)9(16)13-5-7(14)12-8(15)6-13/h3-6,11H2,1-2H3,(H,12,14,15). The Kier molecular flexibility index (Phi) is 3.64. The van der Waals surface area contributed by atoms with Crippen molar-refractivity contribution >= 4 is 17.7 Å². The average Bonchev–Trinajstić information content (AvgIpc) is 2.25. The molecule has 0 aliphatic carbocycles. The minimum absolute atomic E-state index is 0.0937. The molecule has 6 nitrogen and oxygen atoms in total. The highest BCUT2D eigenvalue weighted by Crippen LogP contribution is 2.15. The molecule has 1 heterocycles. The normalized spacial score (nSPS) is 17.3. The van der Waals surface area contributed by atoms with Crippen molar-refractivity contribution in [2.45, 2.75) is 32.2 Å². The smallest absolute Gasteiger partial charge is 0.246 e. The van der Waals surface area contributed by atoms with Gasteiger partial charge in [0, 0.05) is 0 Å². The minimum atomic E-state index is -0.974. The van der Waals surface area contributed by atoms with E-state index in [9.17, 15) is 14.4 Å². The third-order valence-electron chi connectivity index (χ3n) is 2.92. The lowest BCUT2D eigenvalue weighted by molar-refractivity contribution is -0.148.